The number of hydrogen-bond acceptors (Lipinski definition) is 1. The van der Waals surface area contributed by atoms with Crippen molar-refractivity contribution in [2.75, 3.05) is 0 Å². The minimum absolute atomic E-state index is 0.298. The van der Waals surface area contributed by atoms with Crippen molar-refractivity contribution in [3.63, 3.8) is 0 Å². The minimum Gasteiger partial charge on any atom is -0.0795 e. The molecule has 0 atom stereocenters. The molecular formula is C18H19S2+. The molecule has 0 nitrogen and oxygen atoms in total. The van der Waals surface area contributed by atoms with Gasteiger partial charge >= 0.3 is 0 Å². The van der Waals surface area contributed by atoms with Gasteiger partial charge in [-0.05, 0) is 49.9 Å². The van der Waals surface area contributed by atoms with Crippen molar-refractivity contribution in [3.05, 3.63) is 48.5 Å². The maximum absolute atomic E-state index is 2.37. The molecule has 0 saturated heterocycles. The lowest BCUT2D eigenvalue weighted by Crippen LogP contribution is -2.27. The van der Waals surface area contributed by atoms with Crippen LogP contribution in [-0.4, -0.2) is 5.25 Å². The monoisotopic (exact) mass is 299 g/mol. The second-order valence-corrected chi connectivity index (χ2v) is 8.90. The summed E-state index contributed by atoms with van der Waals surface area (Å²) in [7, 11) is 0.298. The maximum atomic E-state index is 2.37. The Morgan fingerprint density at radius 3 is 1.90 bits per heavy atom. The van der Waals surface area contributed by atoms with Crippen molar-refractivity contribution in [1.29, 1.82) is 0 Å². The van der Waals surface area contributed by atoms with Crippen LogP contribution >= 0.6 is 11.8 Å². The lowest BCUT2D eigenvalue weighted by atomic mass is 10.0. The molecule has 1 fully saturated rings. The van der Waals surface area contributed by atoms with Gasteiger partial charge in [0.2, 0.25) is 0 Å². The Balaban J connectivity index is 1.83. The van der Waals surface area contributed by atoms with Gasteiger partial charge in [-0.3, -0.25) is 0 Å². The van der Waals surface area contributed by atoms with E-state index in [4.69, 9.17) is 0 Å². The molecule has 0 bridgehead atoms. The fraction of sp³-hybridized carbons (Fsp3) is 0.333. The van der Waals surface area contributed by atoms with Gasteiger partial charge in [0.1, 0.15) is 5.25 Å². The summed E-state index contributed by atoms with van der Waals surface area (Å²) < 4.78 is 0. The Kier molecular flexibility index (Phi) is 3.53. The zero-order valence-electron chi connectivity index (χ0n) is 11.5. The Bertz CT molecular complexity index is 569. The quantitative estimate of drug-likeness (QED) is 0.625. The third-order valence-corrected chi connectivity index (χ3v) is 8.49. The fourth-order valence-corrected chi connectivity index (χ4v) is 7.77. The Morgan fingerprint density at radius 1 is 0.750 bits per heavy atom. The Labute approximate surface area is 128 Å². The van der Waals surface area contributed by atoms with E-state index in [0.717, 1.165) is 5.25 Å². The second-order valence-electron chi connectivity index (χ2n) is 5.59. The van der Waals surface area contributed by atoms with Gasteiger partial charge in [0.25, 0.3) is 0 Å². The average molecular weight is 299 g/mol. The zero-order valence-corrected chi connectivity index (χ0v) is 13.2. The van der Waals surface area contributed by atoms with E-state index in [0.29, 0.717) is 10.9 Å². The van der Waals surface area contributed by atoms with E-state index in [1.54, 1.807) is 9.79 Å². The SMILES string of the molecule is c1ccc2c(c1)Sc1ccccc1[S+]2C1CCCCC1. The highest BCUT2D eigenvalue weighted by atomic mass is 32.2. The number of benzene rings is 2. The molecule has 2 aromatic carbocycles. The van der Waals surface area contributed by atoms with Gasteiger partial charge in [-0.15, -0.1) is 0 Å². The summed E-state index contributed by atoms with van der Waals surface area (Å²) in [4.78, 5) is 6.17. The molecule has 2 aliphatic rings. The predicted octanol–water partition coefficient (Wildman–Crippen LogP) is 5.52. The third-order valence-electron chi connectivity index (χ3n) is 4.28. The zero-order chi connectivity index (χ0) is 13.4. The lowest BCUT2D eigenvalue weighted by Gasteiger charge is -2.27. The topological polar surface area (TPSA) is 0 Å². The second kappa shape index (κ2) is 5.50. The maximum Gasteiger partial charge on any atom is 0.174 e. The highest BCUT2D eigenvalue weighted by Crippen LogP contribution is 2.48. The van der Waals surface area contributed by atoms with E-state index >= 15 is 0 Å². The van der Waals surface area contributed by atoms with Crippen LogP contribution in [0.4, 0.5) is 0 Å². The lowest BCUT2D eigenvalue weighted by molar-refractivity contribution is 0.512. The molecule has 1 aliphatic carbocycles. The van der Waals surface area contributed by atoms with Crippen LogP contribution in [0.1, 0.15) is 32.1 Å². The van der Waals surface area contributed by atoms with Gasteiger partial charge in [-0.2, -0.15) is 0 Å². The largest absolute Gasteiger partial charge is 0.174 e. The average Bonchev–Trinajstić information content (AvgIpc) is 2.53. The molecule has 0 aromatic heterocycles. The normalized spacial score (nSPS) is 19.4. The van der Waals surface area contributed by atoms with E-state index in [9.17, 15) is 0 Å². The van der Waals surface area contributed by atoms with E-state index < -0.39 is 0 Å². The van der Waals surface area contributed by atoms with E-state index in [1.165, 1.54) is 41.9 Å². The molecule has 0 amide bonds. The first kappa shape index (κ1) is 12.8. The summed E-state index contributed by atoms with van der Waals surface area (Å²) in [6, 6.07) is 18.2. The molecular weight excluding hydrogens is 280 g/mol. The molecule has 1 aliphatic heterocycles. The molecule has 1 saturated carbocycles. The number of fused-ring (bicyclic) bond motifs is 2. The molecule has 2 aromatic rings. The van der Waals surface area contributed by atoms with Crippen molar-refractivity contribution in [2.45, 2.75) is 56.9 Å². The summed E-state index contributed by atoms with van der Waals surface area (Å²) >= 11 is 1.96. The van der Waals surface area contributed by atoms with Gasteiger partial charge in [0.15, 0.2) is 9.79 Å². The van der Waals surface area contributed by atoms with E-state index in [1.807, 2.05) is 11.8 Å². The van der Waals surface area contributed by atoms with Crippen LogP contribution in [0.5, 0.6) is 0 Å². The van der Waals surface area contributed by atoms with Crippen molar-refractivity contribution in [2.24, 2.45) is 0 Å². The predicted molar refractivity (Wildman–Crippen MR) is 87.8 cm³/mol. The van der Waals surface area contributed by atoms with Crippen molar-refractivity contribution >= 4 is 22.7 Å². The molecule has 20 heavy (non-hydrogen) atoms. The van der Waals surface area contributed by atoms with Gasteiger partial charge in [-0.1, -0.05) is 42.4 Å². The van der Waals surface area contributed by atoms with Gasteiger partial charge < -0.3 is 0 Å². The standard InChI is InChI=1S/C18H19S2/c1-2-8-14(9-3-1)20-17-12-6-4-10-15(17)19-16-11-5-7-13-18(16)20/h4-7,10-14H,1-3,8-9H2/q+1. The molecule has 1 heterocycles. The molecule has 2 heteroatoms. The number of hydrogen-bond donors (Lipinski definition) is 0. The first-order valence-electron chi connectivity index (χ1n) is 7.52. The molecule has 0 radical (unpaired) electrons. The highest BCUT2D eigenvalue weighted by Gasteiger charge is 2.42. The summed E-state index contributed by atoms with van der Waals surface area (Å²) in [5, 5.41) is 0.868. The molecule has 0 N–H and O–H groups in total. The van der Waals surface area contributed by atoms with Gasteiger partial charge in [0.05, 0.1) is 20.7 Å². The summed E-state index contributed by atoms with van der Waals surface area (Å²) in [5.74, 6) is 0. The molecule has 0 unspecified atom stereocenters. The van der Waals surface area contributed by atoms with Gasteiger partial charge in [-0.25, -0.2) is 0 Å². The third kappa shape index (κ3) is 2.19. The van der Waals surface area contributed by atoms with Crippen LogP contribution in [0.15, 0.2) is 68.1 Å². The summed E-state index contributed by atoms with van der Waals surface area (Å²) in [6.45, 7) is 0. The van der Waals surface area contributed by atoms with Crippen molar-refractivity contribution in [3.8, 4) is 0 Å². The molecule has 102 valence electrons. The molecule has 0 spiro atoms. The van der Waals surface area contributed by atoms with Crippen LogP contribution < -0.4 is 0 Å². The van der Waals surface area contributed by atoms with Crippen molar-refractivity contribution < 1.29 is 0 Å². The first-order valence-corrected chi connectivity index (χ1v) is 9.63. The Morgan fingerprint density at radius 2 is 1.30 bits per heavy atom. The smallest absolute Gasteiger partial charge is 0.0795 e. The van der Waals surface area contributed by atoms with Gasteiger partial charge in [0, 0.05) is 0 Å². The summed E-state index contributed by atoms with van der Waals surface area (Å²) in [5.41, 5.74) is 0. The van der Waals surface area contributed by atoms with E-state index in [2.05, 4.69) is 48.5 Å². The van der Waals surface area contributed by atoms with Crippen molar-refractivity contribution in [1.82, 2.24) is 0 Å². The Hall–Kier alpha value is -0.860. The summed E-state index contributed by atoms with van der Waals surface area (Å²) in [6.07, 6.45) is 7.11. The van der Waals surface area contributed by atoms with Crippen LogP contribution in [0.25, 0.3) is 0 Å². The molecule has 4 rings (SSSR count). The van der Waals surface area contributed by atoms with Crippen LogP contribution in [0, 0.1) is 0 Å². The van der Waals surface area contributed by atoms with E-state index in [-0.39, 0.29) is 0 Å². The number of rotatable bonds is 1. The van der Waals surface area contributed by atoms with Crippen LogP contribution in [0.2, 0.25) is 0 Å². The first-order chi connectivity index (χ1) is 9.93. The fourth-order valence-electron chi connectivity index (χ4n) is 3.33. The van der Waals surface area contributed by atoms with Crippen LogP contribution in [-0.2, 0) is 10.9 Å². The van der Waals surface area contributed by atoms with Crippen LogP contribution in [0.3, 0.4) is 0 Å². The minimum atomic E-state index is 0.298. The highest BCUT2D eigenvalue weighted by molar-refractivity contribution is 8.04.